The Labute approximate surface area is 85.3 Å². The van der Waals surface area contributed by atoms with Crippen molar-refractivity contribution in [1.82, 2.24) is 0 Å². The molecule has 1 rings (SSSR count). The molecular weight excluding hydrogens is 231 g/mol. The molecule has 5 N–H and O–H groups in total. The summed E-state index contributed by atoms with van der Waals surface area (Å²) >= 11 is 0. The first-order valence-electron chi connectivity index (χ1n) is 4.12. The monoisotopic (exact) mass is 244 g/mol. The average molecular weight is 244 g/mol. The van der Waals surface area contributed by atoms with Gasteiger partial charge in [-0.2, -0.15) is 0 Å². The standard InChI is InChI=1S/C6H13O8P/c1-3-4(7)5(8)6(9,14-3)2-13-15(10,11)12/h3-5,7-9H,2H2,1H3,(H2,10,11,12)/t3-,4+,5+,6-/m0/s1. The molecule has 0 aromatic heterocycles. The van der Waals surface area contributed by atoms with E-state index in [0.29, 0.717) is 0 Å². The summed E-state index contributed by atoms with van der Waals surface area (Å²) in [5.41, 5.74) is 0. The summed E-state index contributed by atoms with van der Waals surface area (Å²) in [6.07, 6.45) is -3.88. The van der Waals surface area contributed by atoms with Gasteiger partial charge in [0.2, 0.25) is 5.79 Å². The Kier molecular flexibility index (Phi) is 3.54. The number of hydrogen-bond donors (Lipinski definition) is 5. The summed E-state index contributed by atoms with van der Waals surface area (Å²) in [7, 11) is -4.76. The van der Waals surface area contributed by atoms with Crippen LogP contribution in [0.3, 0.4) is 0 Å². The van der Waals surface area contributed by atoms with Gasteiger partial charge in [0.1, 0.15) is 18.8 Å². The van der Waals surface area contributed by atoms with Gasteiger partial charge in [-0.3, -0.25) is 4.52 Å². The van der Waals surface area contributed by atoms with Gasteiger partial charge in [-0.25, -0.2) is 4.57 Å². The fraction of sp³-hybridized carbons (Fsp3) is 1.00. The van der Waals surface area contributed by atoms with Crippen LogP contribution in [0.25, 0.3) is 0 Å². The molecule has 4 atom stereocenters. The van der Waals surface area contributed by atoms with E-state index in [9.17, 15) is 19.9 Å². The van der Waals surface area contributed by atoms with E-state index >= 15 is 0 Å². The molecule has 1 saturated heterocycles. The van der Waals surface area contributed by atoms with Crippen LogP contribution >= 0.6 is 7.82 Å². The van der Waals surface area contributed by atoms with Crippen LogP contribution in [0.2, 0.25) is 0 Å². The van der Waals surface area contributed by atoms with Crippen molar-refractivity contribution >= 4 is 7.82 Å². The predicted octanol–water partition coefficient (Wildman–Crippen LogP) is -2.08. The smallest absolute Gasteiger partial charge is 0.387 e. The fourth-order valence-electron chi connectivity index (χ4n) is 1.28. The molecule has 0 unspecified atom stereocenters. The van der Waals surface area contributed by atoms with Crippen molar-refractivity contribution < 1.29 is 38.9 Å². The lowest BCUT2D eigenvalue weighted by molar-refractivity contribution is -0.241. The maximum absolute atomic E-state index is 10.4. The van der Waals surface area contributed by atoms with Crippen LogP contribution in [0.5, 0.6) is 0 Å². The maximum Gasteiger partial charge on any atom is 0.469 e. The summed E-state index contributed by atoms with van der Waals surface area (Å²) in [6, 6.07) is 0. The molecular formula is C6H13O8P. The second-order valence-corrected chi connectivity index (χ2v) is 4.61. The average Bonchev–Trinajstić information content (AvgIpc) is 2.27. The van der Waals surface area contributed by atoms with Crippen molar-refractivity contribution in [3.05, 3.63) is 0 Å². The number of hydrogen-bond acceptors (Lipinski definition) is 6. The predicted molar refractivity (Wildman–Crippen MR) is 45.5 cm³/mol. The Morgan fingerprint density at radius 1 is 1.47 bits per heavy atom. The normalized spacial score (nSPS) is 42.1. The van der Waals surface area contributed by atoms with Crippen LogP contribution in [-0.2, 0) is 13.8 Å². The largest absolute Gasteiger partial charge is 0.469 e. The molecule has 9 heteroatoms. The van der Waals surface area contributed by atoms with E-state index < -0.39 is 38.5 Å². The molecule has 0 amide bonds. The van der Waals surface area contributed by atoms with Gasteiger partial charge in [0.15, 0.2) is 0 Å². The molecule has 0 saturated carbocycles. The van der Waals surface area contributed by atoms with Crippen molar-refractivity contribution in [3.8, 4) is 0 Å². The molecule has 0 radical (unpaired) electrons. The minimum absolute atomic E-state index is 0.856. The zero-order chi connectivity index (χ0) is 11.9. The summed E-state index contributed by atoms with van der Waals surface area (Å²) in [4.78, 5) is 16.8. The zero-order valence-electron chi connectivity index (χ0n) is 7.85. The second-order valence-electron chi connectivity index (χ2n) is 3.37. The van der Waals surface area contributed by atoms with Crippen molar-refractivity contribution in [2.75, 3.05) is 6.61 Å². The van der Waals surface area contributed by atoms with Crippen LogP contribution in [0.1, 0.15) is 6.92 Å². The number of aliphatic hydroxyl groups is 3. The summed E-state index contributed by atoms with van der Waals surface area (Å²) < 4.78 is 19.1. The Bertz CT molecular complexity index is 276. The highest BCUT2D eigenvalue weighted by Gasteiger charge is 2.52. The first-order chi connectivity index (χ1) is 6.66. The molecule has 0 aromatic rings. The van der Waals surface area contributed by atoms with Gasteiger partial charge >= 0.3 is 7.82 Å². The first-order valence-corrected chi connectivity index (χ1v) is 5.65. The Hall–Kier alpha value is -0.0500. The van der Waals surface area contributed by atoms with Crippen molar-refractivity contribution in [2.45, 2.75) is 31.0 Å². The van der Waals surface area contributed by atoms with E-state index in [1.165, 1.54) is 6.92 Å². The number of phosphoric ester groups is 1. The van der Waals surface area contributed by atoms with Gasteiger partial charge in [0.05, 0.1) is 6.10 Å². The molecule has 1 aliphatic rings. The summed E-state index contributed by atoms with van der Waals surface area (Å²) in [5.74, 6) is -2.31. The Morgan fingerprint density at radius 2 is 2.00 bits per heavy atom. The molecule has 8 nitrogen and oxygen atoms in total. The van der Waals surface area contributed by atoms with Gasteiger partial charge in [-0.05, 0) is 6.92 Å². The third-order valence-electron chi connectivity index (χ3n) is 2.10. The molecule has 0 spiro atoms. The van der Waals surface area contributed by atoms with Crippen LogP contribution < -0.4 is 0 Å². The van der Waals surface area contributed by atoms with E-state index in [2.05, 4.69) is 4.52 Å². The molecule has 1 heterocycles. The fourth-order valence-corrected chi connectivity index (χ4v) is 1.63. The maximum atomic E-state index is 10.4. The zero-order valence-corrected chi connectivity index (χ0v) is 8.74. The van der Waals surface area contributed by atoms with E-state index in [1.54, 1.807) is 0 Å². The second kappa shape index (κ2) is 4.08. The van der Waals surface area contributed by atoms with Crippen molar-refractivity contribution in [3.63, 3.8) is 0 Å². The van der Waals surface area contributed by atoms with E-state index in [0.717, 1.165) is 0 Å². The highest BCUT2D eigenvalue weighted by atomic mass is 31.2. The van der Waals surface area contributed by atoms with Gasteiger partial charge in [-0.1, -0.05) is 0 Å². The first kappa shape index (κ1) is 13.0. The quantitative estimate of drug-likeness (QED) is 0.357. The molecule has 0 aliphatic carbocycles. The third kappa shape index (κ3) is 2.96. The number of phosphoric acid groups is 1. The Balaban J connectivity index is 2.64. The van der Waals surface area contributed by atoms with Crippen LogP contribution in [0, 0.1) is 0 Å². The molecule has 1 aliphatic heterocycles. The molecule has 90 valence electrons. The molecule has 15 heavy (non-hydrogen) atoms. The van der Waals surface area contributed by atoms with Crippen LogP contribution in [0.15, 0.2) is 0 Å². The molecule has 0 aromatic carbocycles. The topological polar surface area (TPSA) is 137 Å². The summed E-state index contributed by atoms with van der Waals surface area (Å²) in [5, 5.41) is 28.1. The van der Waals surface area contributed by atoms with Gasteiger partial charge < -0.3 is 29.8 Å². The van der Waals surface area contributed by atoms with Gasteiger partial charge in [0.25, 0.3) is 0 Å². The molecule has 0 bridgehead atoms. The number of aliphatic hydroxyl groups excluding tert-OH is 2. The Morgan fingerprint density at radius 3 is 2.33 bits per heavy atom. The lowest BCUT2D eigenvalue weighted by atomic mass is 10.1. The lowest BCUT2D eigenvalue weighted by Crippen LogP contribution is -2.46. The van der Waals surface area contributed by atoms with Gasteiger partial charge in [0, 0.05) is 0 Å². The number of ether oxygens (including phenoxy) is 1. The van der Waals surface area contributed by atoms with Gasteiger partial charge in [-0.15, -0.1) is 0 Å². The van der Waals surface area contributed by atoms with E-state index in [-0.39, 0.29) is 0 Å². The van der Waals surface area contributed by atoms with E-state index in [4.69, 9.17) is 14.5 Å². The highest BCUT2D eigenvalue weighted by Crippen LogP contribution is 2.39. The van der Waals surface area contributed by atoms with Crippen LogP contribution in [0.4, 0.5) is 0 Å². The highest BCUT2D eigenvalue weighted by molar-refractivity contribution is 7.46. The number of rotatable bonds is 3. The molecule has 1 fully saturated rings. The minimum Gasteiger partial charge on any atom is -0.387 e. The SMILES string of the molecule is C[C@@H]1O[C@@](O)(COP(=O)(O)O)[C@H](O)[C@@H]1O. The summed E-state index contributed by atoms with van der Waals surface area (Å²) in [6.45, 7) is 0.461. The van der Waals surface area contributed by atoms with Crippen molar-refractivity contribution in [2.24, 2.45) is 0 Å². The minimum atomic E-state index is -4.76. The lowest BCUT2D eigenvalue weighted by Gasteiger charge is -2.25. The third-order valence-corrected chi connectivity index (χ3v) is 2.56. The van der Waals surface area contributed by atoms with Crippen LogP contribution in [-0.4, -0.2) is 55.8 Å². The van der Waals surface area contributed by atoms with E-state index in [1.807, 2.05) is 0 Å². The van der Waals surface area contributed by atoms with Crippen molar-refractivity contribution in [1.29, 1.82) is 0 Å².